The van der Waals surface area contributed by atoms with Gasteiger partial charge in [-0.05, 0) is 38.1 Å². The average molecular weight is 269 g/mol. The summed E-state index contributed by atoms with van der Waals surface area (Å²) in [5, 5.41) is 3.51. The third-order valence-electron chi connectivity index (χ3n) is 4.61. The zero-order chi connectivity index (χ0) is 13.7. The van der Waals surface area contributed by atoms with E-state index in [4.69, 9.17) is 9.47 Å². The van der Waals surface area contributed by atoms with Gasteiger partial charge in [0.15, 0.2) is 0 Å². The Morgan fingerprint density at radius 3 is 2.58 bits per heavy atom. The molecule has 0 heterocycles. The first-order chi connectivity index (χ1) is 9.26. The van der Waals surface area contributed by atoms with Crippen LogP contribution in [-0.4, -0.2) is 37.5 Å². The average Bonchev–Trinajstić information content (AvgIpc) is 2.40. The van der Waals surface area contributed by atoms with Crippen LogP contribution in [0.15, 0.2) is 0 Å². The smallest absolute Gasteiger partial charge is 0.0990 e. The highest BCUT2D eigenvalue weighted by atomic mass is 16.6. The fourth-order valence-electron chi connectivity index (χ4n) is 3.36. The number of rotatable bonds is 7. The van der Waals surface area contributed by atoms with Crippen LogP contribution in [0.5, 0.6) is 0 Å². The van der Waals surface area contributed by atoms with Gasteiger partial charge in [-0.2, -0.15) is 0 Å². The molecule has 0 aromatic rings. The van der Waals surface area contributed by atoms with Gasteiger partial charge in [-0.25, -0.2) is 0 Å². The van der Waals surface area contributed by atoms with Crippen LogP contribution < -0.4 is 5.32 Å². The van der Waals surface area contributed by atoms with Crippen molar-refractivity contribution < 1.29 is 9.47 Å². The Kier molecular flexibility index (Phi) is 6.11. The SMILES string of the molecule is CCCOC1C(NCC)CC1OC1CCCCC1C. The molecular weight excluding hydrogens is 238 g/mol. The quantitative estimate of drug-likeness (QED) is 0.770. The van der Waals surface area contributed by atoms with E-state index in [2.05, 4.69) is 26.1 Å². The molecular formula is C16H31NO2. The first-order valence-corrected chi connectivity index (χ1v) is 8.26. The van der Waals surface area contributed by atoms with Crippen molar-refractivity contribution in [1.29, 1.82) is 0 Å². The molecule has 1 N–H and O–H groups in total. The van der Waals surface area contributed by atoms with Crippen molar-refractivity contribution in [2.75, 3.05) is 13.2 Å². The maximum atomic E-state index is 6.36. The molecule has 2 aliphatic rings. The summed E-state index contributed by atoms with van der Waals surface area (Å²) < 4.78 is 12.4. The Hall–Kier alpha value is -0.120. The molecule has 0 amide bonds. The van der Waals surface area contributed by atoms with Crippen LogP contribution in [0.2, 0.25) is 0 Å². The van der Waals surface area contributed by atoms with Crippen LogP contribution in [0.3, 0.4) is 0 Å². The van der Waals surface area contributed by atoms with Crippen molar-refractivity contribution in [2.24, 2.45) is 5.92 Å². The number of ether oxygens (including phenoxy) is 2. The fourth-order valence-corrected chi connectivity index (χ4v) is 3.36. The number of hydrogen-bond acceptors (Lipinski definition) is 3. The molecule has 2 aliphatic carbocycles. The Bertz CT molecular complexity index is 259. The van der Waals surface area contributed by atoms with Gasteiger partial charge in [0.2, 0.25) is 0 Å². The van der Waals surface area contributed by atoms with Crippen molar-refractivity contribution in [1.82, 2.24) is 5.32 Å². The minimum Gasteiger partial charge on any atom is -0.374 e. The maximum absolute atomic E-state index is 6.36. The van der Waals surface area contributed by atoms with Crippen molar-refractivity contribution in [2.45, 2.75) is 83.6 Å². The van der Waals surface area contributed by atoms with Gasteiger partial charge in [-0.1, -0.05) is 33.6 Å². The summed E-state index contributed by atoms with van der Waals surface area (Å²) in [6, 6.07) is 0.500. The van der Waals surface area contributed by atoms with Crippen molar-refractivity contribution >= 4 is 0 Å². The highest BCUT2D eigenvalue weighted by Crippen LogP contribution is 2.34. The second-order valence-corrected chi connectivity index (χ2v) is 6.21. The molecule has 2 fully saturated rings. The van der Waals surface area contributed by atoms with E-state index in [1.807, 2.05) is 0 Å². The minimum absolute atomic E-state index is 0.272. The highest BCUT2D eigenvalue weighted by Gasteiger charge is 2.44. The number of hydrogen-bond donors (Lipinski definition) is 1. The summed E-state index contributed by atoms with van der Waals surface area (Å²) in [6.45, 7) is 8.54. The molecule has 19 heavy (non-hydrogen) atoms. The zero-order valence-corrected chi connectivity index (χ0v) is 12.9. The van der Waals surface area contributed by atoms with E-state index in [-0.39, 0.29) is 6.10 Å². The summed E-state index contributed by atoms with van der Waals surface area (Å²) in [4.78, 5) is 0. The zero-order valence-electron chi connectivity index (χ0n) is 12.9. The Morgan fingerprint density at radius 1 is 1.11 bits per heavy atom. The molecule has 0 aromatic carbocycles. The van der Waals surface area contributed by atoms with E-state index in [0.29, 0.717) is 18.2 Å². The molecule has 112 valence electrons. The lowest BCUT2D eigenvalue weighted by atomic mass is 9.83. The summed E-state index contributed by atoms with van der Waals surface area (Å²) in [5.74, 6) is 0.721. The van der Waals surface area contributed by atoms with Crippen LogP contribution in [0.4, 0.5) is 0 Å². The lowest BCUT2D eigenvalue weighted by molar-refractivity contribution is -0.180. The van der Waals surface area contributed by atoms with Gasteiger partial charge in [0.1, 0.15) is 0 Å². The molecule has 2 rings (SSSR count). The second kappa shape index (κ2) is 7.61. The van der Waals surface area contributed by atoms with Gasteiger partial charge < -0.3 is 14.8 Å². The molecule has 3 nitrogen and oxygen atoms in total. The normalized spacial score (nSPS) is 39.0. The molecule has 0 aliphatic heterocycles. The molecule has 2 saturated carbocycles. The second-order valence-electron chi connectivity index (χ2n) is 6.21. The number of likely N-dealkylation sites (N-methyl/N-ethyl adjacent to an activating group) is 1. The fraction of sp³-hybridized carbons (Fsp3) is 1.00. The van der Waals surface area contributed by atoms with E-state index in [9.17, 15) is 0 Å². The highest BCUT2D eigenvalue weighted by molar-refractivity contribution is 4.98. The molecule has 0 spiro atoms. The third-order valence-corrected chi connectivity index (χ3v) is 4.61. The maximum Gasteiger partial charge on any atom is 0.0990 e. The van der Waals surface area contributed by atoms with Gasteiger partial charge in [-0.3, -0.25) is 0 Å². The first-order valence-electron chi connectivity index (χ1n) is 8.26. The molecule has 0 aromatic heterocycles. The van der Waals surface area contributed by atoms with Gasteiger partial charge >= 0.3 is 0 Å². The van der Waals surface area contributed by atoms with E-state index in [1.54, 1.807) is 0 Å². The van der Waals surface area contributed by atoms with Crippen LogP contribution in [0.1, 0.15) is 59.3 Å². The van der Waals surface area contributed by atoms with Crippen molar-refractivity contribution in [3.63, 3.8) is 0 Å². The van der Waals surface area contributed by atoms with E-state index < -0.39 is 0 Å². The molecule has 0 saturated heterocycles. The summed E-state index contributed by atoms with van der Waals surface area (Å²) >= 11 is 0. The molecule has 0 bridgehead atoms. The standard InChI is InChI=1S/C16H31NO2/c1-4-10-18-16-13(17-5-2)11-15(16)19-14-9-7-6-8-12(14)3/h12-17H,4-11H2,1-3H3. The van der Waals surface area contributed by atoms with Crippen LogP contribution >= 0.6 is 0 Å². The van der Waals surface area contributed by atoms with Gasteiger partial charge in [0.05, 0.1) is 18.3 Å². The summed E-state index contributed by atoms with van der Waals surface area (Å²) in [7, 11) is 0. The molecule has 5 unspecified atom stereocenters. The van der Waals surface area contributed by atoms with Crippen LogP contribution in [0.25, 0.3) is 0 Å². The van der Waals surface area contributed by atoms with Gasteiger partial charge in [-0.15, -0.1) is 0 Å². The molecule has 0 radical (unpaired) electrons. The molecule has 3 heteroatoms. The first kappa shape index (κ1) is 15.3. The topological polar surface area (TPSA) is 30.5 Å². The van der Waals surface area contributed by atoms with E-state index in [1.165, 1.54) is 25.7 Å². The van der Waals surface area contributed by atoms with Crippen molar-refractivity contribution in [3.05, 3.63) is 0 Å². The van der Waals surface area contributed by atoms with Crippen LogP contribution in [-0.2, 0) is 9.47 Å². The third kappa shape index (κ3) is 3.93. The lowest BCUT2D eigenvalue weighted by Gasteiger charge is -2.47. The lowest BCUT2D eigenvalue weighted by Crippen LogP contribution is -2.61. The predicted octanol–water partition coefficient (Wildman–Crippen LogP) is 3.13. The molecule has 5 atom stereocenters. The number of nitrogens with one attached hydrogen (secondary N) is 1. The largest absolute Gasteiger partial charge is 0.374 e. The Labute approximate surface area is 118 Å². The van der Waals surface area contributed by atoms with Crippen LogP contribution in [0, 0.1) is 5.92 Å². The van der Waals surface area contributed by atoms with E-state index in [0.717, 1.165) is 31.9 Å². The van der Waals surface area contributed by atoms with E-state index >= 15 is 0 Å². The summed E-state index contributed by atoms with van der Waals surface area (Å²) in [5.41, 5.74) is 0. The van der Waals surface area contributed by atoms with Gasteiger partial charge in [0.25, 0.3) is 0 Å². The Balaban J connectivity index is 1.81. The summed E-state index contributed by atoms with van der Waals surface area (Å²) in [6.07, 6.45) is 8.54. The Morgan fingerprint density at radius 2 is 1.89 bits per heavy atom. The predicted molar refractivity (Wildman–Crippen MR) is 78.4 cm³/mol. The monoisotopic (exact) mass is 269 g/mol. The van der Waals surface area contributed by atoms with Crippen molar-refractivity contribution in [3.8, 4) is 0 Å². The minimum atomic E-state index is 0.272. The van der Waals surface area contributed by atoms with Gasteiger partial charge in [0, 0.05) is 12.6 Å².